The van der Waals surface area contributed by atoms with Gasteiger partial charge in [-0.15, -0.1) is 11.8 Å². The molecular weight excluding hydrogens is 186 g/mol. The third kappa shape index (κ3) is 1.31. The molecule has 0 fully saturated rings. The molecule has 1 heterocycles. The quantitative estimate of drug-likeness (QED) is 0.701. The molecule has 0 saturated carbocycles. The summed E-state index contributed by atoms with van der Waals surface area (Å²) >= 11 is 1.13. The Morgan fingerprint density at radius 2 is 2.42 bits per heavy atom. The molecule has 1 aliphatic heterocycles. The molecule has 0 bridgehead atoms. The Morgan fingerprint density at radius 3 is 2.58 bits per heavy atom. The molecule has 0 aromatic heterocycles. The highest BCUT2D eigenvalue weighted by molar-refractivity contribution is 8.14. The van der Waals surface area contributed by atoms with Crippen molar-refractivity contribution in [3.8, 4) is 0 Å². The maximum Gasteiger partial charge on any atom is 0.273 e. The van der Waals surface area contributed by atoms with E-state index in [9.17, 15) is 13.6 Å². The Kier molecular flexibility index (Phi) is 2.36. The largest absolute Gasteiger partial charge is 0.367 e. The molecule has 12 heavy (non-hydrogen) atoms. The fraction of sp³-hybridized carbons (Fsp3) is 0.667. The minimum atomic E-state index is -2.82. The van der Waals surface area contributed by atoms with Crippen LogP contribution in [0.15, 0.2) is 4.99 Å². The number of nitrogens with two attached hydrogens (primary N) is 1. The van der Waals surface area contributed by atoms with E-state index in [1.54, 1.807) is 6.92 Å². The lowest BCUT2D eigenvalue weighted by molar-refractivity contribution is -0.127. The van der Waals surface area contributed by atoms with Crippen LogP contribution in [0.5, 0.6) is 0 Å². The van der Waals surface area contributed by atoms with Crippen LogP contribution in [-0.4, -0.2) is 28.7 Å². The van der Waals surface area contributed by atoms with Gasteiger partial charge in [0.1, 0.15) is 0 Å². The number of hydrogen-bond donors (Lipinski definition) is 1. The Bertz CT molecular complexity index is 244. The van der Waals surface area contributed by atoms with Crippen molar-refractivity contribution in [1.29, 1.82) is 0 Å². The van der Waals surface area contributed by atoms with Crippen molar-refractivity contribution >= 4 is 22.7 Å². The average Bonchev–Trinajstić information content (AvgIpc) is 2.32. The SMILES string of the molecule is CC1=NC(C(N)=O)(C(F)F)CS1. The van der Waals surface area contributed by atoms with Crippen LogP contribution < -0.4 is 5.73 Å². The molecule has 0 aliphatic carbocycles. The molecule has 1 amide bonds. The Morgan fingerprint density at radius 1 is 1.83 bits per heavy atom. The Labute approximate surface area is 72.4 Å². The van der Waals surface area contributed by atoms with E-state index >= 15 is 0 Å². The van der Waals surface area contributed by atoms with Gasteiger partial charge in [0.25, 0.3) is 12.3 Å². The van der Waals surface area contributed by atoms with Crippen molar-refractivity contribution < 1.29 is 13.6 Å². The number of carbonyl (C=O) groups is 1. The first-order valence-corrected chi connectivity index (χ1v) is 4.25. The normalized spacial score (nSPS) is 29.2. The average molecular weight is 194 g/mol. The smallest absolute Gasteiger partial charge is 0.273 e. The van der Waals surface area contributed by atoms with E-state index in [0.717, 1.165) is 11.8 Å². The molecule has 1 atom stereocenters. The lowest BCUT2D eigenvalue weighted by atomic mass is 10.0. The first kappa shape index (κ1) is 9.44. The predicted octanol–water partition coefficient (Wildman–Crippen LogP) is 0.641. The highest BCUT2D eigenvalue weighted by atomic mass is 32.2. The fourth-order valence-corrected chi connectivity index (χ4v) is 1.89. The van der Waals surface area contributed by atoms with Crippen LogP contribution in [0.4, 0.5) is 8.78 Å². The zero-order valence-corrected chi connectivity index (χ0v) is 7.20. The summed E-state index contributed by atoms with van der Waals surface area (Å²) in [5, 5.41) is 0.481. The highest BCUT2D eigenvalue weighted by Gasteiger charge is 2.49. The monoisotopic (exact) mass is 194 g/mol. The van der Waals surface area contributed by atoms with Gasteiger partial charge in [-0.25, -0.2) is 8.78 Å². The van der Waals surface area contributed by atoms with Gasteiger partial charge in [-0.1, -0.05) is 0 Å². The van der Waals surface area contributed by atoms with Gasteiger partial charge in [0.2, 0.25) is 5.54 Å². The standard InChI is InChI=1S/C6H8F2N2OS/c1-3-10-6(2-12-3,4(7)8)5(9)11/h4H,2H2,1H3,(H2,9,11). The molecule has 3 nitrogen and oxygen atoms in total. The summed E-state index contributed by atoms with van der Waals surface area (Å²) in [7, 11) is 0. The van der Waals surface area contributed by atoms with Crippen LogP contribution in [0.1, 0.15) is 6.92 Å². The number of hydrogen-bond acceptors (Lipinski definition) is 3. The number of primary amides is 1. The van der Waals surface area contributed by atoms with Crippen LogP contribution in [0.2, 0.25) is 0 Å². The van der Waals surface area contributed by atoms with Crippen molar-refractivity contribution in [2.45, 2.75) is 18.9 Å². The van der Waals surface area contributed by atoms with Gasteiger partial charge in [-0.3, -0.25) is 9.79 Å². The minimum Gasteiger partial charge on any atom is -0.367 e. The maximum absolute atomic E-state index is 12.4. The van der Waals surface area contributed by atoms with Crippen LogP contribution >= 0.6 is 11.8 Å². The van der Waals surface area contributed by atoms with Crippen molar-refractivity contribution in [2.24, 2.45) is 10.7 Å². The number of amides is 1. The number of halogens is 2. The topological polar surface area (TPSA) is 55.4 Å². The third-order valence-corrected chi connectivity index (χ3v) is 2.74. The van der Waals surface area contributed by atoms with Crippen molar-refractivity contribution in [2.75, 3.05) is 5.75 Å². The second kappa shape index (κ2) is 3.01. The third-order valence-electron chi connectivity index (χ3n) is 1.65. The number of nitrogens with zero attached hydrogens (tertiary/aromatic N) is 1. The first-order chi connectivity index (χ1) is 5.49. The van der Waals surface area contributed by atoms with Crippen molar-refractivity contribution in [1.82, 2.24) is 0 Å². The number of alkyl halides is 2. The number of carbonyl (C=O) groups excluding carboxylic acids is 1. The molecule has 6 heteroatoms. The lowest BCUT2D eigenvalue weighted by Crippen LogP contribution is -2.49. The van der Waals surface area contributed by atoms with Gasteiger partial charge in [-0.05, 0) is 6.92 Å². The summed E-state index contributed by atoms with van der Waals surface area (Å²) in [6, 6.07) is 0. The van der Waals surface area contributed by atoms with Crippen molar-refractivity contribution in [3.05, 3.63) is 0 Å². The molecule has 1 rings (SSSR count). The van der Waals surface area contributed by atoms with Crippen molar-refractivity contribution in [3.63, 3.8) is 0 Å². The second-order valence-electron chi connectivity index (χ2n) is 2.51. The van der Waals surface area contributed by atoms with E-state index in [4.69, 9.17) is 5.73 Å². The summed E-state index contributed by atoms with van der Waals surface area (Å²) in [5.41, 5.74) is 2.88. The van der Waals surface area contributed by atoms with E-state index < -0.39 is 17.9 Å². The summed E-state index contributed by atoms with van der Waals surface area (Å²) in [6.45, 7) is 1.58. The molecule has 0 saturated heterocycles. The Hall–Kier alpha value is -0.650. The summed E-state index contributed by atoms with van der Waals surface area (Å²) in [5.74, 6) is -1.10. The van der Waals surface area contributed by atoms with E-state index in [-0.39, 0.29) is 5.75 Å². The zero-order chi connectivity index (χ0) is 9.35. The molecule has 0 aromatic carbocycles. The van der Waals surface area contributed by atoms with Crippen LogP contribution in [-0.2, 0) is 4.79 Å². The molecule has 0 aromatic rings. The predicted molar refractivity (Wildman–Crippen MR) is 43.5 cm³/mol. The number of aliphatic imine (C=N–C) groups is 1. The van der Waals surface area contributed by atoms with Gasteiger partial charge in [0.15, 0.2) is 0 Å². The molecule has 68 valence electrons. The molecule has 1 aliphatic rings. The lowest BCUT2D eigenvalue weighted by Gasteiger charge is -2.19. The Balaban J connectivity index is 2.98. The summed E-state index contributed by atoms with van der Waals surface area (Å²) in [6.07, 6.45) is -2.82. The van der Waals surface area contributed by atoms with Gasteiger partial charge >= 0.3 is 0 Å². The van der Waals surface area contributed by atoms with Gasteiger partial charge in [0, 0.05) is 5.75 Å². The molecule has 1 unspecified atom stereocenters. The van der Waals surface area contributed by atoms with Gasteiger partial charge in [-0.2, -0.15) is 0 Å². The zero-order valence-electron chi connectivity index (χ0n) is 6.38. The van der Waals surface area contributed by atoms with E-state index in [1.165, 1.54) is 0 Å². The molecular formula is C6H8F2N2OS. The van der Waals surface area contributed by atoms with Crippen LogP contribution in [0, 0.1) is 0 Å². The van der Waals surface area contributed by atoms with E-state index in [0.29, 0.717) is 5.04 Å². The van der Waals surface area contributed by atoms with E-state index in [2.05, 4.69) is 4.99 Å². The number of thioether (sulfide) groups is 1. The summed E-state index contributed by atoms with van der Waals surface area (Å²) in [4.78, 5) is 14.3. The van der Waals surface area contributed by atoms with Gasteiger partial charge < -0.3 is 5.73 Å². The molecule has 0 radical (unpaired) electrons. The summed E-state index contributed by atoms with van der Waals surface area (Å²) < 4.78 is 24.8. The second-order valence-corrected chi connectivity index (χ2v) is 3.68. The molecule has 2 N–H and O–H groups in total. The van der Waals surface area contributed by atoms with Crippen LogP contribution in [0.3, 0.4) is 0 Å². The fourth-order valence-electron chi connectivity index (χ4n) is 0.906. The van der Waals surface area contributed by atoms with E-state index in [1.807, 2.05) is 0 Å². The first-order valence-electron chi connectivity index (χ1n) is 3.26. The minimum absolute atomic E-state index is 0.0498. The molecule has 0 spiro atoms. The number of rotatable bonds is 2. The van der Waals surface area contributed by atoms with Crippen LogP contribution in [0.25, 0.3) is 0 Å². The maximum atomic E-state index is 12.4. The highest BCUT2D eigenvalue weighted by Crippen LogP contribution is 2.32. The van der Waals surface area contributed by atoms with Gasteiger partial charge in [0.05, 0.1) is 5.04 Å².